The third-order valence-electron chi connectivity index (χ3n) is 2.91. The zero-order valence-corrected chi connectivity index (χ0v) is 11.2. The molecular formula is C13H7ClN4S. The lowest BCUT2D eigenvalue weighted by Gasteiger charge is -1.95. The molecule has 0 aliphatic rings. The van der Waals surface area contributed by atoms with Gasteiger partial charge in [0.2, 0.25) is 0 Å². The maximum absolute atomic E-state index is 5.85. The Morgan fingerprint density at radius 1 is 1.11 bits per heavy atom. The van der Waals surface area contributed by atoms with Gasteiger partial charge in [0, 0.05) is 10.8 Å². The minimum atomic E-state index is 0.419. The van der Waals surface area contributed by atoms with Crippen molar-refractivity contribution in [1.29, 1.82) is 0 Å². The number of rotatable bonds is 1. The van der Waals surface area contributed by atoms with Crippen molar-refractivity contribution in [2.45, 2.75) is 0 Å². The summed E-state index contributed by atoms with van der Waals surface area (Å²) in [6, 6.07) is 12.1. The lowest BCUT2D eigenvalue weighted by molar-refractivity contribution is 1.08. The van der Waals surface area contributed by atoms with Gasteiger partial charge in [-0.3, -0.25) is 4.40 Å². The van der Waals surface area contributed by atoms with Crippen molar-refractivity contribution in [3.8, 4) is 10.7 Å². The number of benzene rings is 1. The Balaban J connectivity index is 1.98. The third-order valence-corrected chi connectivity index (χ3v) is 4.23. The molecule has 6 heteroatoms. The molecule has 0 unspecified atom stereocenters. The molecule has 3 aromatic heterocycles. The van der Waals surface area contributed by atoms with E-state index in [0.717, 1.165) is 10.7 Å². The maximum atomic E-state index is 5.85. The molecule has 0 aliphatic carbocycles. The van der Waals surface area contributed by atoms with Crippen molar-refractivity contribution in [1.82, 2.24) is 19.6 Å². The highest BCUT2D eigenvalue weighted by Gasteiger charge is 2.11. The second-order valence-electron chi connectivity index (χ2n) is 4.11. The molecule has 0 fully saturated rings. The fraction of sp³-hybridized carbons (Fsp3) is 0. The molecule has 0 bridgehead atoms. The van der Waals surface area contributed by atoms with E-state index in [-0.39, 0.29) is 0 Å². The van der Waals surface area contributed by atoms with Crippen molar-refractivity contribution in [2.24, 2.45) is 0 Å². The molecule has 4 rings (SSSR count). The summed E-state index contributed by atoms with van der Waals surface area (Å²) in [7, 11) is 0. The van der Waals surface area contributed by atoms with E-state index in [2.05, 4.69) is 33.4 Å². The van der Waals surface area contributed by atoms with Gasteiger partial charge in [-0.2, -0.15) is 0 Å². The number of aromatic nitrogens is 4. The maximum Gasteiger partial charge on any atom is 0.179 e. The van der Waals surface area contributed by atoms with Crippen molar-refractivity contribution in [2.75, 3.05) is 0 Å². The van der Waals surface area contributed by atoms with Crippen LogP contribution in [0, 0.1) is 0 Å². The van der Waals surface area contributed by atoms with Crippen molar-refractivity contribution >= 4 is 38.7 Å². The van der Waals surface area contributed by atoms with Gasteiger partial charge in [-0.05, 0) is 17.5 Å². The van der Waals surface area contributed by atoms with E-state index in [9.17, 15) is 0 Å². The van der Waals surface area contributed by atoms with Gasteiger partial charge in [-0.1, -0.05) is 29.8 Å². The van der Waals surface area contributed by atoms with Crippen LogP contribution in [-0.4, -0.2) is 19.6 Å². The summed E-state index contributed by atoms with van der Waals surface area (Å²) < 4.78 is 3.08. The molecule has 19 heavy (non-hydrogen) atoms. The van der Waals surface area contributed by atoms with Crippen LogP contribution in [0.15, 0.2) is 42.7 Å². The van der Waals surface area contributed by atoms with E-state index in [1.807, 2.05) is 16.5 Å². The van der Waals surface area contributed by atoms with Gasteiger partial charge in [0.15, 0.2) is 11.5 Å². The predicted molar refractivity (Wildman–Crippen MR) is 76.6 cm³/mol. The minimum Gasteiger partial charge on any atom is -0.264 e. The van der Waals surface area contributed by atoms with Crippen LogP contribution >= 0.6 is 22.9 Å². The van der Waals surface area contributed by atoms with Crippen LogP contribution in [0.5, 0.6) is 0 Å². The molecule has 92 valence electrons. The van der Waals surface area contributed by atoms with E-state index in [4.69, 9.17) is 11.6 Å². The van der Waals surface area contributed by atoms with E-state index in [0.29, 0.717) is 10.8 Å². The summed E-state index contributed by atoms with van der Waals surface area (Å²) in [5.41, 5.74) is 0.701. The Labute approximate surface area is 117 Å². The highest BCUT2D eigenvalue weighted by Crippen LogP contribution is 2.32. The SMILES string of the molecule is Clc1cc2nnc(-c3cc4ccccc4s3)n2cn1. The number of thiophene rings is 1. The summed E-state index contributed by atoms with van der Waals surface area (Å²) in [5, 5.41) is 9.98. The molecule has 1 aromatic carbocycles. The molecule has 4 nitrogen and oxygen atoms in total. The van der Waals surface area contributed by atoms with Crippen LogP contribution in [0.3, 0.4) is 0 Å². The highest BCUT2D eigenvalue weighted by molar-refractivity contribution is 7.22. The topological polar surface area (TPSA) is 43.1 Å². The molecule has 0 saturated heterocycles. The van der Waals surface area contributed by atoms with Crippen molar-refractivity contribution in [3.63, 3.8) is 0 Å². The fourth-order valence-corrected chi connectivity index (χ4v) is 3.22. The average Bonchev–Trinajstić information content (AvgIpc) is 3.00. The van der Waals surface area contributed by atoms with Gasteiger partial charge in [-0.15, -0.1) is 21.5 Å². The Hall–Kier alpha value is -1.98. The molecule has 0 spiro atoms. The zero-order chi connectivity index (χ0) is 12.8. The lowest BCUT2D eigenvalue weighted by atomic mass is 10.2. The summed E-state index contributed by atoms with van der Waals surface area (Å²) in [6.45, 7) is 0. The Morgan fingerprint density at radius 2 is 2.00 bits per heavy atom. The number of nitrogens with zero attached hydrogens (tertiary/aromatic N) is 4. The van der Waals surface area contributed by atoms with Gasteiger partial charge >= 0.3 is 0 Å². The standard InChI is InChI=1S/C13H7ClN4S/c14-11-6-12-16-17-13(18(12)7-15-11)10-5-8-3-1-2-4-9(8)19-10/h1-7H. The number of hydrogen-bond acceptors (Lipinski definition) is 4. The van der Waals surface area contributed by atoms with Crippen LogP contribution < -0.4 is 0 Å². The number of fused-ring (bicyclic) bond motifs is 2. The quantitative estimate of drug-likeness (QED) is 0.502. The first-order chi connectivity index (χ1) is 9.31. The monoisotopic (exact) mass is 286 g/mol. The molecular weight excluding hydrogens is 280 g/mol. The lowest BCUT2D eigenvalue weighted by Crippen LogP contribution is -1.89. The normalized spacial score (nSPS) is 11.4. The number of halogens is 1. The van der Waals surface area contributed by atoms with Gasteiger partial charge in [0.25, 0.3) is 0 Å². The van der Waals surface area contributed by atoms with Crippen LogP contribution in [0.1, 0.15) is 0 Å². The molecule has 0 amide bonds. The Kier molecular flexibility index (Phi) is 2.30. The average molecular weight is 287 g/mol. The smallest absolute Gasteiger partial charge is 0.179 e. The molecule has 3 heterocycles. The highest BCUT2D eigenvalue weighted by atomic mass is 35.5. The summed E-state index contributed by atoms with van der Waals surface area (Å²) in [5.74, 6) is 0.792. The van der Waals surface area contributed by atoms with E-state index in [1.165, 1.54) is 10.1 Å². The van der Waals surface area contributed by atoms with Gasteiger partial charge in [-0.25, -0.2) is 4.98 Å². The number of hydrogen-bond donors (Lipinski definition) is 0. The van der Waals surface area contributed by atoms with Gasteiger partial charge in [0.05, 0.1) is 4.88 Å². The second-order valence-corrected chi connectivity index (χ2v) is 5.58. The largest absolute Gasteiger partial charge is 0.264 e. The zero-order valence-electron chi connectivity index (χ0n) is 9.62. The fourth-order valence-electron chi connectivity index (χ4n) is 2.03. The summed E-state index contributed by atoms with van der Waals surface area (Å²) in [4.78, 5) is 5.14. The predicted octanol–water partition coefficient (Wildman–Crippen LogP) is 3.66. The van der Waals surface area contributed by atoms with Crippen LogP contribution in [-0.2, 0) is 0 Å². The first-order valence-electron chi connectivity index (χ1n) is 5.66. The minimum absolute atomic E-state index is 0.419. The Bertz CT molecular complexity index is 863. The first kappa shape index (κ1) is 10.9. The van der Waals surface area contributed by atoms with Crippen LogP contribution in [0.25, 0.3) is 26.4 Å². The molecule has 0 radical (unpaired) electrons. The van der Waals surface area contributed by atoms with E-state index < -0.39 is 0 Å². The summed E-state index contributed by atoms with van der Waals surface area (Å²) in [6.07, 6.45) is 1.65. The molecule has 0 atom stereocenters. The molecule has 0 saturated carbocycles. The van der Waals surface area contributed by atoms with Gasteiger partial charge in [0.1, 0.15) is 11.5 Å². The summed E-state index contributed by atoms with van der Waals surface area (Å²) >= 11 is 7.54. The van der Waals surface area contributed by atoms with Crippen molar-refractivity contribution < 1.29 is 0 Å². The van der Waals surface area contributed by atoms with Crippen molar-refractivity contribution in [3.05, 3.63) is 47.9 Å². The van der Waals surface area contributed by atoms with E-state index in [1.54, 1.807) is 23.7 Å². The van der Waals surface area contributed by atoms with Crippen LogP contribution in [0.4, 0.5) is 0 Å². The third kappa shape index (κ3) is 1.70. The molecule has 4 aromatic rings. The first-order valence-corrected chi connectivity index (χ1v) is 6.86. The van der Waals surface area contributed by atoms with Crippen LogP contribution in [0.2, 0.25) is 5.15 Å². The molecule has 0 N–H and O–H groups in total. The molecule has 0 aliphatic heterocycles. The van der Waals surface area contributed by atoms with E-state index >= 15 is 0 Å². The second kappa shape index (κ2) is 4.01. The van der Waals surface area contributed by atoms with Gasteiger partial charge < -0.3 is 0 Å². The Morgan fingerprint density at radius 3 is 2.89 bits per heavy atom.